The zero-order valence-corrected chi connectivity index (χ0v) is 14.7. The lowest BCUT2D eigenvalue weighted by Gasteiger charge is -2.35. The van der Waals surface area contributed by atoms with Crippen molar-refractivity contribution in [1.82, 2.24) is 9.29 Å². The number of nitrogens with zero attached hydrogens (tertiary/aromatic N) is 3. The molecule has 0 N–H and O–H groups in total. The van der Waals surface area contributed by atoms with Gasteiger partial charge in [0.05, 0.1) is 4.90 Å². The predicted molar refractivity (Wildman–Crippen MR) is 95.6 cm³/mol. The molecule has 6 heteroatoms. The maximum Gasteiger partial charge on any atom is 0.243 e. The third-order valence-electron chi connectivity index (χ3n) is 4.37. The minimum Gasteiger partial charge on any atom is -0.369 e. The van der Waals surface area contributed by atoms with Crippen molar-refractivity contribution in [3.8, 4) is 0 Å². The van der Waals surface area contributed by atoms with Crippen LogP contribution in [0.5, 0.6) is 0 Å². The van der Waals surface area contributed by atoms with Crippen molar-refractivity contribution >= 4 is 15.7 Å². The van der Waals surface area contributed by atoms with Gasteiger partial charge in [0.1, 0.15) is 0 Å². The zero-order chi connectivity index (χ0) is 17.0. The van der Waals surface area contributed by atoms with Crippen LogP contribution in [-0.2, 0) is 16.4 Å². The normalized spacial score (nSPS) is 16.3. The Morgan fingerprint density at radius 2 is 1.58 bits per heavy atom. The van der Waals surface area contributed by atoms with Gasteiger partial charge in [-0.1, -0.05) is 25.5 Å². The van der Waals surface area contributed by atoms with Crippen molar-refractivity contribution in [3.05, 3.63) is 54.4 Å². The second kappa shape index (κ2) is 7.32. The van der Waals surface area contributed by atoms with Gasteiger partial charge in [-0.15, -0.1) is 0 Å². The molecule has 0 atom stereocenters. The average Bonchev–Trinajstić information content (AvgIpc) is 2.63. The molecule has 1 aromatic heterocycles. The molecule has 1 fully saturated rings. The topological polar surface area (TPSA) is 53.5 Å². The van der Waals surface area contributed by atoms with Crippen LogP contribution in [0.2, 0.25) is 0 Å². The van der Waals surface area contributed by atoms with Gasteiger partial charge in [-0.3, -0.25) is 4.98 Å². The summed E-state index contributed by atoms with van der Waals surface area (Å²) in [5.41, 5.74) is 2.27. The van der Waals surface area contributed by atoms with E-state index in [1.165, 1.54) is 5.56 Å². The summed E-state index contributed by atoms with van der Waals surface area (Å²) < 4.78 is 27.2. The summed E-state index contributed by atoms with van der Waals surface area (Å²) in [5.74, 6) is 0. The minimum atomic E-state index is -3.41. The van der Waals surface area contributed by atoms with Gasteiger partial charge < -0.3 is 4.90 Å². The van der Waals surface area contributed by atoms with Gasteiger partial charge in [0.15, 0.2) is 0 Å². The lowest BCUT2D eigenvalue weighted by molar-refractivity contribution is 0.385. The van der Waals surface area contributed by atoms with E-state index in [0.29, 0.717) is 31.1 Å². The molecule has 1 aliphatic rings. The highest BCUT2D eigenvalue weighted by Gasteiger charge is 2.28. The van der Waals surface area contributed by atoms with Gasteiger partial charge in [0.2, 0.25) is 10.0 Å². The summed E-state index contributed by atoms with van der Waals surface area (Å²) in [7, 11) is -3.41. The standard InChI is InChI=1S/C18H23N3O2S/c1-2-3-16-4-6-18(7-5-16)24(22,23)21-14-12-20(13-15-21)17-8-10-19-11-9-17/h4-11H,2-3,12-15H2,1H3. The third-order valence-corrected chi connectivity index (χ3v) is 6.28. The van der Waals surface area contributed by atoms with Gasteiger partial charge >= 0.3 is 0 Å². The van der Waals surface area contributed by atoms with E-state index in [1.807, 2.05) is 24.3 Å². The monoisotopic (exact) mass is 345 g/mol. The Labute approximate surface area is 144 Å². The fraction of sp³-hybridized carbons (Fsp3) is 0.389. The van der Waals surface area contributed by atoms with Crippen molar-refractivity contribution in [2.24, 2.45) is 0 Å². The molecule has 0 spiro atoms. The molecular weight excluding hydrogens is 322 g/mol. The van der Waals surface area contributed by atoms with Crippen LogP contribution >= 0.6 is 0 Å². The SMILES string of the molecule is CCCc1ccc(S(=O)(=O)N2CCN(c3ccncc3)CC2)cc1. The van der Waals surface area contributed by atoms with Gasteiger partial charge in [0, 0.05) is 44.3 Å². The van der Waals surface area contributed by atoms with E-state index >= 15 is 0 Å². The van der Waals surface area contributed by atoms with Crippen molar-refractivity contribution < 1.29 is 8.42 Å². The summed E-state index contributed by atoms with van der Waals surface area (Å²) in [4.78, 5) is 6.60. The van der Waals surface area contributed by atoms with Crippen molar-refractivity contribution in [3.63, 3.8) is 0 Å². The van der Waals surface area contributed by atoms with Crippen LogP contribution in [0.1, 0.15) is 18.9 Å². The Hall–Kier alpha value is -1.92. The summed E-state index contributed by atoms with van der Waals surface area (Å²) >= 11 is 0. The molecule has 5 nitrogen and oxygen atoms in total. The van der Waals surface area contributed by atoms with Gasteiger partial charge in [-0.2, -0.15) is 4.31 Å². The number of aryl methyl sites for hydroxylation is 1. The molecule has 128 valence electrons. The number of rotatable bonds is 5. The van der Waals surface area contributed by atoms with Crippen molar-refractivity contribution in [2.45, 2.75) is 24.7 Å². The Balaban J connectivity index is 1.68. The van der Waals surface area contributed by atoms with Crippen LogP contribution in [0.25, 0.3) is 0 Å². The quantitative estimate of drug-likeness (QED) is 0.836. The summed E-state index contributed by atoms with van der Waals surface area (Å²) in [5, 5.41) is 0. The number of aromatic nitrogens is 1. The van der Waals surface area contributed by atoms with Crippen LogP contribution in [-0.4, -0.2) is 43.9 Å². The lowest BCUT2D eigenvalue weighted by Crippen LogP contribution is -2.48. The zero-order valence-electron chi connectivity index (χ0n) is 13.9. The largest absolute Gasteiger partial charge is 0.369 e. The highest BCUT2D eigenvalue weighted by atomic mass is 32.2. The summed E-state index contributed by atoms with van der Waals surface area (Å²) in [6, 6.07) is 11.2. The van der Waals surface area contributed by atoms with E-state index in [0.717, 1.165) is 18.5 Å². The molecule has 2 aromatic rings. The Morgan fingerprint density at radius 3 is 2.17 bits per heavy atom. The molecule has 0 bridgehead atoms. The van der Waals surface area contributed by atoms with Crippen LogP contribution in [0.3, 0.4) is 0 Å². The van der Waals surface area contributed by atoms with E-state index < -0.39 is 10.0 Å². The lowest BCUT2D eigenvalue weighted by atomic mass is 10.1. The minimum absolute atomic E-state index is 0.389. The molecule has 0 radical (unpaired) electrons. The molecule has 1 aromatic carbocycles. The summed E-state index contributed by atoms with van der Waals surface area (Å²) in [6.07, 6.45) is 5.56. The molecule has 0 unspecified atom stereocenters. The van der Waals surface area contributed by atoms with E-state index in [9.17, 15) is 8.42 Å². The first-order chi connectivity index (χ1) is 11.6. The van der Waals surface area contributed by atoms with Gasteiger partial charge in [0.25, 0.3) is 0 Å². The van der Waals surface area contributed by atoms with Crippen molar-refractivity contribution in [2.75, 3.05) is 31.1 Å². The smallest absolute Gasteiger partial charge is 0.243 e. The fourth-order valence-corrected chi connectivity index (χ4v) is 4.43. The number of piperazine rings is 1. The van der Waals surface area contributed by atoms with Crippen LogP contribution in [0.15, 0.2) is 53.7 Å². The molecule has 0 amide bonds. The number of anilines is 1. The molecule has 3 rings (SSSR count). The Bertz CT molecular complexity index is 753. The van der Waals surface area contributed by atoms with Crippen LogP contribution in [0, 0.1) is 0 Å². The number of benzene rings is 1. The Morgan fingerprint density at radius 1 is 0.958 bits per heavy atom. The second-order valence-electron chi connectivity index (χ2n) is 5.99. The Kier molecular flexibility index (Phi) is 5.16. The second-order valence-corrected chi connectivity index (χ2v) is 7.93. The van der Waals surface area contributed by atoms with Crippen LogP contribution in [0.4, 0.5) is 5.69 Å². The molecule has 1 saturated heterocycles. The summed E-state index contributed by atoms with van der Waals surface area (Å²) in [6.45, 7) is 4.50. The first-order valence-electron chi connectivity index (χ1n) is 8.35. The van der Waals surface area contributed by atoms with E-state index in [4.69, 9.17) is 0 Å². The molecule has 1 aliphatic heterocycles. The number of pyridine rings is 1. The van der Waals surface area contributed by atoms with Crippen molar-refractivity contribution in [1.29, 1.82) is 0 Å². The fourth-order valence-electron chi connectivity index (χ4n) is 3.01. The number of hydrogen-bond acceptors (Lipinski definition) is 4. The van der Waals surface area contributed by atoms with E-state index in [-0.39, 0.29) is 0 Å². The highest BCUT2D eigenvalue weighted by Crippen LogP contribution is 2.21. The van der Waals surface area contributed by atoms with E-state index in [1.54, 1.807) is 28.8 Å². The molecular formula is C18H23N3O2S. The maximum absolute atomic E-state index is 12.8. The van der Waals surface area contributed by atoms with Crippen LogP contribution < -0.4 is 4.90 Å². The highest BCUT2D eigenvalue weighted by molar-refractivity contribution is 7.89. The first-order valence-corrected chi connectivity index (χ1v) is 9.79. The van der Waals surface area contributed by atoms with Gasteiger partial charge in [-0.05, 0) is 36.2 Å². The molecule has 2 heterocycles. The van der Waals surface area contributed by atoms with Gasteiger partial charge in [-0.25, -0.2) is 8.42 Å². The predicted octanol–water partition coefficient (Wildman–Crippen LogP) is 2.55. The maximum atomic E-state index is 12.8. The molecule has 24 heavy (non-hydrogen) atoms. The first kappa shape index (κ1) is 16.9. The van der Waals surface area contributed by atoms with E-state index in [2.05, 4.69) is 16.8 Å². The third kappa shape index (κ3) is 3.60. The number of sulfonamides is 1. The number of hydrogen-bond donors (Lipinski definition) is 0. The average molecular weight is 345 g/mol. The molecule has 0 saturated carbocycles. The molecule has 0 aliphatic carbocycles.